The zero-order valence-electron chi connectivity index (χ0n) is 10.9. The summed E-state index contributed by atoms with van der Waals surface area (Å²) in [6, 6.07) is 5.75. The summed E-state index contributed by atoms with van der Waals surface area (Å²) >= 11 is 9.63. The van der Waals surface area contributed by atoms with E-state index >= 15 is 0 Å². The number of hydrogen-bond donors (Lipinski definition) is 2. The van der Waals surface area contributed by atoms with Crippen molar-refractivity contribution in [1.29, 1.82) is 0 Å². The maximum Gasteiger partial charge on any atom is 0.237 e. The topological polar surface area (TPSA) is 41.1 Å². The van der Waals surface area contributed by atoms with Crippen LogP contribution in [0.25, 0.3) is 0 Å². The molecule has 0 aliphatic carbocycles. The Balaban J connectivity index is 2.07. The lowest BCUT2D eigenvalue weighted by molar-refractivity contribution is -0.123. The van der Waals surface area contributed by atoms with E-state index in [2.05, 4.69) is 26.6 Å². The van der Waals surface area contributed by atoms with Crippen molar-refractivity contribution in [3.63, 3.8) is 0 Å². The molecule has 2 atom stereocenters. The third kappa shape index (κ3) is 3.94. The number of carbonyl (C=O) groups is 1. The quantitative estimate of drug-likeness (QED) is 0.881. The first-order chi connectivity index (χ1) is 9.08. The van der Waals surface area contributed by atoms with Gasteiger partial charge in [0.1, 0.15) is 0 Å². The van der Waals surface area contributed by atoms with Gasteiger partial charge < -0.3 is 5.32 Å². The van der Waals surface area contributed by atoms with Crippen LogP contribution in [0.1, 0.15) is 37.8 Å². The number of hydrogen-bond acceptors (Lipinski definition) is 2. The minimum atomic E-state index is -0.128. The van der Waals surface area contributed by atoms with E-state index in [1.54, 1.807) is 0 Å². The summed E-state index contributed by atoms with van der Waals surface area (Å²) in [6.45, 7) is 2.82. The highest BCUT2D eigenvalue weighted by Crippen LogP contribution is 2.27. The molecule has 1 heterocycles. The number of benzene rings is 1. The molecule has 0 spiro atoms. The maximum atomic E-state index is 11.9. The summed E-state index contributed by atoms with van der Waals surface area (Å²) in [4.78, 5) is 11.9. The van der Waals surface area contributed by atoms with Gasteiger partial charge in [0.05, 0.1) is 6.04 Å². The molecule has 1 amide bonds. The van der Waals surface area contributed by atoms with Gasteiger partial charge in [-0.1, -0.05) is 33.6 Å². The average molecular weight is 346 g/mol. The van der Waals surface area contributed by atoms with E-state index in [-0.39, 0.29) is 18.0 Å². The van der Waals surface area contributed by atoms with E-state index in [9.17, 15) is 4.79 Å². The van der Waals surface area contributed by atoms with Gasteiger partial charge in [-0.25, -0.2) is 0 Å². The predicted molar refractivity (Wildman–Crippen MR) is 81.4 cm³/mol. The largest absolute Gasteiger partial charge is 0.355 e. The normalized spacial score (nSPS) is 21.6. The zero-order valence-corrected chi connectivity index (χ0v) is 13.2. The Bertz CT molecular complexity index is 467. The summed E-state index contributed by atoms with van der Waals surface area (Å²) < 4.78 is 0.959. The van der Waals surface area contributed by atoms with Gasteiger partial charge in [-0.3, -0.25) is 10.1 Å². The number of amides is 1. The van der Waals surface area contributed by atoms with Crippen LogP contribution in [0.3, 0.4) is 0 Å². The van der Waals surface area contributed by atoms with Gasteiger partial charge in [-0.15, -0.1) is 0 Å². The van der Waals surface area contributed by atoms with Gasteiger partial charge in [-0.05, 0) is 43.9 Å². The first-order valence-electron chi connectivity index (χ1n) is 6.56. The van der Waals surface area contributed by atoms with Crippen LogP contribution in [0, 0.1) is 0 Å². The van der Waals surface area contributed by atoms with Gasteiger partial charge in [0.15, 0.2) is 0 Å². The van der Waals surface area contributed by atoms with Crippen molar-refractivity contribution in [2.45, 2.75) is 38.3 Å². The van der Waals surface area contributed by atoms with E-state index in [0.717, 1.165) is 35.8 Å². The minimum absolute atomic E-state index is 0.0504. The van der Waals surface area contributed by atoms with Crippen molar-refractivity contribution in [1.82, 2.24) is 10.6 Å². The zero-order chi connectivity index (χ0) is 13.8. The molecule has 5 heteroatoms. The van der Waals surface area contributed by atoms with Gasteiger partial charge in [0.25, 0.3) is 0 Å². The van der Waals surface area contributed by atoms with E-state index in [0.29, 0.717) is 5.02 Å². The highest BCUT2D eigenvalue weighted by atomic mass is 79.9. The molecule has 2 unspecified atom stereocenters. The highest BCUT2D eigenvalue weighted by molar-refractivity contribution is 9.10. The molecule has 0 saturated carbocycles. The molecule has 3 nitrogen and oxygen atoms in total. The Morgan fingerprint density at radius 3 is 3.00 bits per heavy atom. The summed E-state index contributed by atoms with van der Waals surface area (Å²) in [5, 5.41) is 7.02. The molecule has 1 fully saturated rings. The molecule has 2 rings (SSSR count). The van der Waals surface area contributed by atoms with Gasteiger partial charge >= 0.3 is 0 Å². The lowest BCUT2D eigenvalue weighted by Crippen LogP contribution is -2.43. The predicted octanol–water partition coefficient (Wildman–Crippen LogP) is 3.42. The monoisotopic (exact) mass is 344 g/mol. The second-order valence-corrected chi connectivity index (χ2v) is 6.22. The van der Waals surface area contributed by atoms with Crippen LogP contribution >= 0.6 is 27.5 Å². The first-order valence-corrected chi connectivity index (χ1v) is 7.73. The Kier molecular flexibility index (Phi) is 5.25. The van der Waals surface area contributed by atoms with Crippen LogP contribution in [0.4, 0.5) is 0 Å². The molecule has 104 valence electrons. The first kappa shape index (κ1) is 14.8. The lowest BCUT2D eigenvalue weighted by atomic mass is 10.1. The van der Waals surface area contributed by atoms with Crippen LogP contribution in [0.15, 0.2) is 22.7 Å². The highest BCUT2D eigenvalue weighted by Gasteiger charge is 2.23. The van der Waals surface area contributed by atoms with Crippen molar-refractivity contribution >= 4 is 33.4 Å². The number of nitrogens with one attached hydrogen (secondary N) is 2. The molecule has 1 aliphatic rings. The molecule has 1 aliphatic heterocycles. The van der Waals surface area contributed by atoms with Crippen LogP contribution in [-0.2, 0) is 4.79 Å². The smallest absolute Gasteiger partial charge is 0.237 e. The Hall–Kier alpha value is -0.580. The molecule has 19 heavy (non-hydrogen) atoms. The Morgan fingerprint density at radius 2 is 2.26 bits per heavy atom. The van der Waals surface area contributed by atoms with Crippen molar-refractivity contribution in [3.05, 3.63) is 33.3 Å². The second kappa shape index (κ2) is 6.73. The Labute approximate surface area is 127 Å². The number of halogens is 2. The van der Waals surface area contributed by atoms with Crippen molar-refractivity contribution in [2.24, 2.45) is 0 Å². The fourth-order valence-corrected chi connectivity index (χ4v) is 3.18. The molecular formula is C14H18BrClN2O. The van der Waals surface area contributed by atoms with Crippen molar-refractivity contribution < 1.29 is 4.79 Å². The van der Waals surface area contributed by atoms with E-state index in [4.69, 9.17) is 11.6 Å². The number of rotatable bonds is 3. The SMILES string of the molecule is CC(NC1CCCCNC1=O)c1ccc(Br)cc1Cl. The fourth-order valence-electron chi connectivity index (χ4n) is 2.34. The molecule has 0 radical (unpaired) electrons. The molecule has 1 aromatic rings. The second-order valence-electron chi connectivity index (χ2n) is 4.89. The van der Waals surface area contributed by atoms with Gasteiger partial charge in [0, 0.05) is 22.1 Å². The van der Waals surface area contributed by atoms with Gasteiger partial charge in [0.2, 0.25) is 5.91 Å². The lowest BCUT2D eigenvalue weighted by Gasteiger charge is -2.22. The summed E-state index contributed by atoms with van der Waals surface area (Å²) in [6.07, 6.45) is 3.00. The fraction of sp³-hybridized carbons (Fsp3) is 0.500. The van der Waals surface area contributed by atoms with Crippen LogP contribution in [0.5, 0.6) is 0 Å². The number of carbonyl (C=O) groups excluding carboxylic acids is 1. The molecule has 2 N–H and O–H groups in total. The molecule has 1 aromatic carbocycles. The third-order valence-electron chi connectivity index (χ3n) is 3.42. The van der Waals surface area contributed by atoms with Crippen LogP contribution in [0.2, 0.25) is 5.02 Å². The third-order valence-corrected chi connectivity index (χ3v) is 4.24. The summed E-state index contributed by atoms with van der Waals surface area (Å²) in [5.74, 6) is 0.0950. The maximum absolute atomic E-state index is 11.9. The molecule has 0 aromatic heterocycles. The van der Waals surface area contributed by atoms with Crippen molar-refractivity contribution in [2.75, 3.05) is 6.54 Å². The minimum Gasteiger partial charge on any atom is -0.355 e. The van der Waals surface area contributed by atoms with E-state index < -0.39 is 0 Å². The van der Waals surface area contributed by atoms with Gasteiger partial charge in [-0.2, -0.15) is 0 Å². The molecule has 0 bridgehead atoms. The van der Waals surface area contributed by atoms with Crippen LogP contribution in [-0.4, -0.2) is 18.5 Å². The van der Waals surface area contributed by atoms with Crippen LogP contribution < -0.4 is 10.6 Å². The molecule has 1 saturated heterocycles. The van der Waals surface area contributed by atoms with E-state index in [1.807, 2.05) is 25.1 Å². The average Bonchev–Trinajstić information content (AvgIpc) is 2.55. The summed E-state index contributed by atoms with van der Waals surface area (Å²) in [5.41, 5.74) is 1.02. The Morgan fingerprint density at radius 1 is 1.47 bits per heavy atom. The van der Waals surface area contributed by atoms with E-state index in [1.165, 1.54) is 0 Å². The van der Waals surface area contributed by atoms with Crippen molar-refractivity contribution in [3.8, 4) is 0 Å². The standard InChI is InChI=1S/C14H18BrClN2O/c1-9(11-6-5-10(15)8-12(11)16)18-13-4-2-3-7-17-14(13)19/h5-6,8-9,13,18H,2-4,7H2,1H3,(H,17,19). The molecular weight excluding hydrogens is 328 g/mol. The summed E-state index contributed by atoms with van der Waals surface area (Å²) in [7, 11) is 0.